The van der Waals surface area contributed by atoms with Gasteiger partial charge in [0.05, 0.1) is 0 Å². The summed E-state index contributed by atoms with van der Waals surface area (Å²) in [5.74, 6) is -0.312. The molecule has 0 spiro atoms. The average Bonchev–Trinajstić information content (AvgIpc) is 2.99. The lowest BCUT2D eigenvalue weighted by Crippen LogP contribution is -2.43. The standard InChI is InChI=1S/C21H25N3O2/c1-5-18-14-21(26,17-10-12-22-13-11-17)24(23-18)19(25)15-6-8-16(9-7-15)20(2,3)4/h6-13,26H,5,14H2,1-4H3/t21-/m1/s1. The number of nitrogens with zero attached hydrogens (tertiary/aromatic N) is 3. The van der Waals surface area contributed by atoms with E-state index in [4.69, 9.17) is 0 Å². The van der Waals surface area contributed by atoms with Crippen molar-refractivity contribution in [2.45, 2.75) is 51.7 Å². The number of hydrazone groups is 1. The largest absolute Gasteiger partial charge is 0.365 e. The molecule has 1 aliphatic heterocycles. The molecule has 1 atom stereocenters. The summed E-state index contributed by atoms with van der Waals surface area (Å²) in [7, 11) is 0. The summed E-state index contributed by atoms with van der Waals surface area (Å²) in [4.78, 5) is 17.1. The molecule has 1 aromatic heterocycles. The topological polar surface area (TPSA) is 65.8 Å². The zero-order chi connectivity index (χ0) is 18.9. The first-order valence-electron chi connectivity index (χ1n) is 8.90. The number of aliphatic hydroxyl groups is 1. The van der Waals surface area contributed by atoms with Gasteiger partial charge in [0, 0.05) is 35.7 Å². The van der Waals surface area contributed by atoms with E-state index in [9.17, 15) is 9.90 Å². The lowest BCUT2D eigenvalue weighted by atomic mass is 9.86. The minimum atomic E-state index is -1.48. The predicted molar refractivity (Wildman–Crippen MR) is 102 cm³/mol. The predicted octanol–water partition coefficient (Wildman–Crippen LogP) is 3.84. The van der Waals surface area contributed by atoms with Crippen LogP contribution in [0, 0.1) is 0 Å². The normalized spacial score (nSPS) is 20.2. The van der Waals surface area contributed by atoms with E-state index in [-0.39, 0.29) is 11.3 Å². The molecule has 0 radical (unpaired) electrons. The van der Waals surface area contributed by atoms with Crippen LogP contribution in [0.3, 0.4) is 0 Å². The third kappa shape index (κ3) is 3.27. The number of hydrogen-bond donors (Lipinski definition) is 1. The molecular weight excluding hydrogens is 326 g/mol. The number of amides is 1. The Morgan fingerprint density at radius 1 is 1.15 bits per heavy atom. The van der Waals surface area contributed by atoms with Gasteiger partial charge < -0.3 is 5.11 Å². The molecule has 0 saturated heterocycles. The maximum Gasteiger partial charge on any atom is 0.276 e. The number of aromatic nitrogens is 1. The Morgan fingerprint density at radius 2 is 1.77 bits per heavy atom. The van der Waals surface area contributed by atoms with E-state index < -0.39 is 5.72 Å². The van der Waals surface area contributed by atoms with Crippen molar-refractivity contribution >= 4 is 11.6 Å². The van der Waals surface area contributed by atoms with Crippen molar-refractivity contribution in [1.29, 1.82) is 0 Å². The number of carbonyl (C=O) groups excluding carboxylic acids is 1. The molecule has 3 rings (SSSR count). The molecule has 2 heterocycles. The highest BCUT2D eigenvalue weighted by Crippen LogP contribution is 2.37. The van der Waals surface area contributed by atoms with Crippen LogP contribution in [0.2, 0.25) is 0 Å². The second-order valence-electron chi connectivity index (χ2n) is 7.69. The monoisotopic (exact) mass is 351 g/mol. The molecule has 0 unspecified atom stereocenters. The van der Waals surface area contributed by atoms with Gasteiger partial charge in [0.25, 0.3) is 5.91 Å². The van der Waals surface area contributed by atoms with E-state index in [0.717, 1.165) is 11.3 Å². The summed E-state index contributed by atoms with van der Waals surface area (Å²) in [6.45, 7) is 8.36. The Balaban J connectivity index is 1.96. The second kappa shape index (κ2) is 6.65. The third-order valence-corrected chi connectivity index (χ3v) is 4.78. The molecule has 0 aliphatic carbocycles. The molecule has 136 valence electrons. The van der Waals surface area contributed by atoms with Gasteiger partial charge in [-0.15, -0.1) is 0 Å². The average molecular weight is 351 g/mol. The highest BCUT2D eigenvalue weighted by Gasteiger charge is 2.45. The quantitative estimate of drug-likeness (QED) is 0.914. The van der Waals surface area contributed by atoms with Crippen molar-refractivity contribution < 1.29 is 9.90 Å². The fraction of sp³-hybridized carbons (Fsp3) is 0.381. The molecule has 5 heteroatoms. The summed E-state index contributed by atoms with van der Waals surface area (Å²) in [6.07, 6.45) is 4.20. The molecular formula is C21H25N3O2. The first-order chi connectivity index (χ1) is 12.3. The van der Waals surface area contributed by atoms with Crippen molar-refractivity contribution in [3.63, 3.8) is 0 Å². The van der Waals surface area contributed by atoms with Crippen molar-refractivity contribution in [2.75, 3.05) is 0 Å². The van der Waals surface area contributed by atoms with E-state index in [0.29, 0.717) is 24.0 Å². The summed E-state index contributed by atoms with van der Waals surface area (Å²) in [5.41, 5.74) is 1.60. The molecule has 1 aromatic carbocycles. The van der Waals surface area contributed by atoms with Gasteiger partial charge in [-0.1, -0.05) is 39.8 Å². The molecule has 1 amide bonds. The molecule has 2 aromatic rings. The first kappa shape index (κ1) is 18.3. The summed E-state index contributed by atoms with van der Waals surface area (Å²) < 4.78 is 0. The molecule has 5 nitrogen and oxygen atoms in total. The first-order valence-corrected chi connectivity index (χ1v) is 8.90. The van der Waals surface area contributed by atoms with Gasteiger partial charge in [0.2, 0.25) is 0 Å². The lowest BCUT2D eigenvalue weighted by Gasteiger charge is -2.31. The number of hydrogen-bond acceptors (Lipinski definition) is 4. The van der Waals surface area contributed by atoms with Crippen LogP contribution in [0.25, 0.3) is 0 Å². The van der Waals surface area contributed by atoms with Crippen LogP contribution >= 0.6 is 0 Å². The van der Waals surface area contributed by atoms with E-state index in [1.807, 2.05) is 19.1 Å². The minimum Gasteiger partial charge on any atom is -0.365 e. The molecule has 1 aliphatic rings. The zero-order valence-electron chi connectivity index (χ0n) is 15.7. The number of benzene rings is 1. The number of pyridine rings is 1. The van der Waals surface area contributed by atoms with Crippen LogP contribution < -0.4 is 0 Å². The molecule has 0 saturated carbocycles. The van der Waals surface area contributed by atoms with E-state index in [1.165, 1.54) is 5.01 Å². The van der Waals surface area contributed by atoms with Gasteiger partial charge in [0.15, 0.2) is 5.72 Å². The summed E-state index contributed by atoms with van der Waals surface area (Å²) >= 11 is 0. The fourth-order valence-corrected chi connectivity index (χ4v) is 3.11. The summed E-state index contributed by atoms with van der Waals surface area (Å²) in [6, 6.07) is 11.0. The van der Waals surface area contributed by atoms with Gasteiger partial charge in [-0.3, -0.25) is 9.78 Å². The molecule has 0 bridgehead atoms. The Labute approximate surface area is 154 Å². The van der Waals surface area contributed by atoms with Gasteiger partial charge >= 0.3 is 0 Å². The number of carbonyl (C=O) groups is 1. The third-order valence-electron chi connectivity index (χ3n) is 4.78. The van der Waals surface area contributed by atoms with Crippen LogP contribution in [0.4, 0.5) is 0 Å². The van der Waals surface area contributed by atoms with Crippen LogP contribution in [-0.4, -0.2) is 26.7 Å². The zero-order valence-corrected chi connectivity index (χ0v) is 15.7. The van der Waals surface area contributed by atoms with Crippen molar-refractivity contribution in [2.24, 2.45) is 5.10 Å². The smallest absolute Gasteiger partial charge is 0.276 e. The Kier molecular flexibility index (Phi) is 4.67. The Morgan fingerprint density at radius 3 is 2.31 bits per heavy atom. The summed E-state index contributed by atoms with van der Waals surface area (Å²) in [5, 5.41) is 16.9. The van der Waals surface area contributed by atoms with Crippen LogP contribution in [0.15, 0.2) is 53.9 Å². The maximum absolute atomic E-state index is 13.1. The molecule has 26 heavy (non-hydrogen) atoms. The van der Waals surface area contributed by atoms with E-state index in [2.05, 4.69) is 30.9 Å². The Hall–Kier alpha value is -2.53. The number of rotatable bonds is 3. The SMILES string of the molecule is CCC1=NN(C(=O)c2ccc(C(C)(C)C)cc2)[C@](O)(c2ccncc2)C1. The van der Waals surface area contributed by atoms with E-state index >= 15 is 0 Å². The lowest BCUT2D eigenvalue weighted by molar-refractivity contribution is -0.0766. The highest BCUT2D eigenvalue weighted by molar-refractivity contribution is 5.98. The van der Waals surface area contributed by atoms with Gasteiger partial charge in [-0.05, 0) is 41.7 Å². The van der Waals surface area contributed by atoms with Crippen LogP contribution in [0.1, 0.15) is 62.0 Å². The Bertz CT molecular complexity index is 823. The van der Waals surface area contributed by atoms with Crippen molar-refractivity contribution in [3.8, 4) is 0 Å². The van der Waals surface area contributed by atoms with Gasteiger partial charge in [-0.25, -0.2) is 0 Å². The molecule has 1 N–H and O–H groups in total. The molecule has 0 fully saturated rings. The van der Waals surface area contributed by atoms with Gasteiger partial charge in [0.1, 0.15) is 0 Å². The van der Waals surface area contributed by atoms with Crippen molar-refractivity contribution in [1.82, 2.24) is 9.99 Å². The second-order valence-corrected chi connectivity index (χ2v) is 7.69. The van der Waals surface area contributed by atoms with Crippen LogP contribution in [-0.2, 0) is 11.1 Å². The van der Waals surface area contributed by atoms with Crippen molar-refractivity contribution in [3.05, 3.63) is 65.5 Å². The highest BCUT2D eigenvalue weighted by atomic mass is 16.3. The van der Waals surface area contributed by atoms with Gasteiger partial charge in [-0.2, -0.15) is 10.1 Å². The minimum absolute atomic E-state index is 0.0144. The van der Waals surface area contributed by atoms with Crippen LogP contribution in [0.5, 0.6) is 0 Å². The maximum atomic E-state index is 13.1. The van der Waals surface area contributed by atoms with E-state index in [1.54, 1.807) is 36.7 Å². The fourth-order valence-electron chi connectivity index (χ4n) is 3.11.